The van der Waals surface area contributed by atoms with Gasteiger partial charge in [0.25, 0.3) is 5.91 Å². The molecule has 1 aromatic heterocycles. The van der Waals surface area contributed by atoms with E-state index in [1.165, 1.54) is 22.9 Å². The van der Waals surface area contributed by atoms with Gasteiger partial charge in [-0.1, -0.05) is 11.6 Å². The zero-order valence-electron chi connectivity index (χ0n) is 10.4. The summed E-state index contributed by atoms with van der Waals surface area (Å²) in [6.45, 7) is 0.0196. The molecule has 2 N–H and O–H groups in total. The Balaban J connectivity index is 2.13. The van der Waals surface area contributed by atoms with Crippen LogP contribution in [-0.4, -0.2) is 11.0 Å². The second-order valence-corrected chi connectivity index (χ2v) is 4.52. The maximum Gasteiger partial charge on any atom is 0.290 e. The first-order chi connectivity index (χ1) is 9.58. The van der Waals surface area contributed by atoms with Gasteiger partial charge in [0.2, 0.25) is 12.7 Å². The molecule has 0 saturated carbocycles. The van der Waals surface area contributed by atoms with Gasteiger partial charge >= 0.3 is 0 Å². The van der Waals surface area contributed by atoms with Gasteiger partial charge in [0.1, 0.15) is 6.07 Å². The summed E-state index contributed by atoms with van der Waals surface area (Å²) in [5.74, 6) is -0.250. The number of hydrogen-bond donors (Lipinski definition) is 2. The van der Waals surface area contributed by atoms with E-state index < -0.39 is 0 Å². The van der Waals surface area contributed by atoms with Crippen LogP contribution in [0.25, 0.3) is 0 Å². The van der Waals surface area contributed by atoms with Crippen molar-refractivity contribution in [3.63, 3.8) is 0 Å². The lowest BCUT2D eigenvalue weighted by Gasteiger charge is -2.05. The van der Waals surface area contributed by atoms with Gasteiger partial charge in [0.05, 0.1) is 11.3 Å². The number of pyridine rings is 1. The number of aromatic hydroxyl groups is 1. The van der Waals surface area contributed by atoms with Crippen LogP contribution in [0.2, 0.25) is 5.02 Å². The van der Waals surface area contributed by atoms with Crippen LogP contribution in [0.5, 0.6) is 5.75 Å². The number of carbonyl (C=O) groups excluding carboxylic acids is 1. The van der Waals surface area contributed by atoms with Crippen molar-refractivity contribution in [1.82, 2.24) is 0 Å². The molecular weight excluding hydrogens is 278 g/mol. The fourth-order valence-corrected chi connectivity index (χ4v) is 1.85. The number of anilines is 1. The summed E-state index contributed by atoms with van der Waals surface area (Å²) in [4.78, 5) is 11.9. The van der Waals surface area contributed by atoms with Gasteiger partial charge < -0.3 is 10.4 Å². The summed E-state index contributed by atoms with van der Waals surface area (Å²) in [5, 5.41) is 21.3. The summed E-state index contributed by atoms with van der Waals surface area (Å²) in [6, 6.07) is 9.76. The van der Waals surface area contributed by atoms with Crippen molar-refractivity contribution in [3.05, 3.63) is 53.3 Å². The van der Waals surface area contributed by atoms with Crippen LogP contribution in [0.4, 0.5) is 5.69 Å². The fourth-order valence-electron chi connectivity index (χ4n) is 1.68. The van der Waals surface area contributed by atoms with Gasteiger partial charge in [0, 0.05) is 11.1 Å². The Morgan fingerprint density at radius 3 is 2.95 bits per heavy atom. The third-order valence-electron chi connectivity index (χ3n) is 2.54. The molecule has 0 unspecified atom stereocenters. The third kappa shape index (κ3) is 3.46. The molecule has 0 saturated heterocycles. The lowest BCUT2D eigenvalue weighted by atomic mass is 10.2. The molecule has 0 aliphatic carbocycles. The van der Waals surface area contributed by atoms with Crippen molar-refractivity contribution in [2.24, 2.45) is 0 Å². The topological polar surface area (TPSA) is 77.0 Å². The van der Waals surface area contributed by atoms with Crippen molar-refractivity contribution in [2.45, 2.75) is 6.54 Å². The van der Waals surface area contributed by atoms with E-state index >= 15 is 0 Å². The molecule has 2 aromatic rings. The van der Waals surface area contributed by atoms with Crippen molar-refractivity contribution in [1.29, 1.82) is 5.26 Å². The minimum atomic E-state index is -0.320. The van der Waals surface area contributed by atoms with E-state index in [0.717, 1.165) is 0 Å². The molecule has 5 nitrogen and oxygen atoms in total. The third-order valence-corrected chi connectivity index (χ3v) is 2.78. The monoisotopic (exact) mass is 288 g/mol. The lowest BCUT2D eigenvalue weighted by Crippen LogP contribution is -2.39. The normalized spacial score (nSPS) is 9.80. The molecule has 6 heteroatoms. The highest BCUT2D eigenvalue weighted by Crippen LogP contribution is 2.20. The van der Waals surface area contributed by atoms with E-state index in [-0.39, 0.29) is 18.2 Å². The average molecular weight is 289 g/mol. The van der Waals surface area contributed by atoms with Crippen molar-refractivity contribution >= 4 is 23.2 Å². The first-order valence-electron chi connectivity index (χ1n) is 5.76. The number of amides is 1. The minimum absolute atomic E-state index is 0.0196. The zero-order chi connectivity index (χ0) is 14.5. The molecule has 20 heavy (non-hydrogen) atoms. The quantitative estimate of drug-likeness (QED) is 0.846. The molecule has 0 fully saturated rings. The summed E-state index contributed by atoms with van der Waals surface area (Å²) >= 11 is 5.84. The largest absolute Gasteiger partial charge is 0.503 e. The van der Waals surface area contributed by atoms with Gasteiger partial charge in [-0.05, 0) is 24.3 Å². The van der Waals surface area contributed by atoms with Crippen LogP contribution in [0.3, 0.4) is 0 Å². The van der Waals surface area contributed by atoms with Gasteiger partial charge in [-0.15, -0.1) is 0 Å². The predicted molar refractivity (Wildman–Crippen MR) is 73.1 cm³/mol. The SMILES string of the molecule is N#Cc1ccc(Cl)cc1NC(=O)C[n+]1cccc(O)c1. The number of aromatic nitrogens is 1. The Kier molecular flexibility index (Phi) is 4.18. The molecule has 0 aliphatic heterocycles. The van der Waals surface area contributed by atoms with E-state index in [1.807, 2.05) is 6.07 Å². The van der Waals surface area contributed by atoms with Gasteiger partial charge in [-0.3, -0.25) is 4.79 Å². The summed E-state index contributed by atoms with van der Waals surface area (Å²) in [6.07, 6.45) is 3.09. The zero-order valence-corrected chi connectivity index (χ0v) is 11.1. The van der Waals surface area contributed by atoms with Crippen LogP contribution in [-0.2, 0) is 11.3 Å². The number of rotatable bonds is 3. The smallest absolute Gasteiger partial charge is 0.290 e. The number of hydrogen-bond acceptors (Lipinski definition) is 3. The average Bonchev–Trinajstić information content (AvgIpc) is 2.38. The Bertz CT molecular complexity index is 695. The number of benzene rings is 1. The van der Waals surface area contributed by atoms with Gasteiger partial charge in [0.15, 0.2) is 11.9 Å². The first kappa shape index (κ1) is 13.8. The summed E-state index contributed by atoms with van der Waals surface area (Å²) in [5.41, 5.74) is 0.703. The maximum atomic E-state index is 11.9. The summed E-state index contributed by atoms with van der Waals surface area (Å²) in [7, 11) is 0. The van der Waals surface area contributed by atoms with E-state index in [4.69, 9.17) is 16.9 Å². The number of nitrogens with one attached hydrogen (secondary N) is 1. The summed E-state index contributed by atoms with van der Waals surface area (Å²) < 4.78 is 1.53. The number of nitrogens with zero attached hydrogens (tertiary/aromatic N) is 2. The Hall–Kier alpha value is -2.58. The highest BCUT2D eigenvalue weighted by Gasteiger charge is 2.12. The van der Waals surface area contributed by atoms with Crippen LogP contribution in [0, 0.1) is 11.3 Å². The number of halogens is 1. The molecule has 1 amide bonds. The van der Waals surface area contributed by atoms with E-state index in [0.29, 0.717) is 16.3 Å². The molecule has 0 aliphatic rings. The van der Waals surface area contributed by atoms with Crippen LogP contribution in [0.15, 0.2) is 42.7 Å². The number of nitriles is 1. The molecule has 0 bridgehead atoms. The van der Waals surface area contributed by atoms with Crippen LogP contribution >= 0.6 is 11.6 Å². The predicted octanol–water partition coefficient (Wildman–Crippen LogP) is 1.84. The molecule has 0 spiro atoms. The molecule has 100 valence electrons. The molecule has 1 heterocycles. The molecular formula is C14H11ClN3O2+. The standard InChI is InChI=1S/C14H10ClN3O2/c15-11-4-3-10(7-16)13(6-11)17-14(20)9-18-5-1-2-12(19)8-18/h1-6,8H,9H2,(H-,17,19,20)/p+1. The first-order valence-corrected chi connectivity index (χ1v) is 6.14. The van der Waals surface area contributed by atoms with Gasteiger partial charge in [-0.2, -0.15) is 9.83 Å². The molecule has 1 aromatic carbocycles. The maximum absolute atomic E-state index is 11.9. The van der Waals surface area contributed by atoms with Crippen LogP contribution < -0.4 is 9.88 Å². The van der Waals surface area contributed by atoms with Crippen molar-refractivity contribution in [2.75, 3.05) is 5.32 Å². The highest BCUT2D eigenvalue weighted by molar-refractivity contribution is 6.31. The Morgan fingerprint density at radius 2 is 2.25 bits per heavy atom. The lowest BCUT2D eigenvalue weighted by molar-refractivity contribution is -0.684. The minimum Gasteiger partial charge on any atom is -0.503 e. The van der Waals surface area contributed by atoms with Crippen molar-refractivity contribution < 1.29 is 14.5 Å². The van der Waals surface area contributed by atoms with Gasteiger partial charge in [-0.25, -0.2) is 0 Å². The van der Waals surface area contributed by atoms with E-state index in [1.54, 1.807) is 24.4 Å². The van der Waals surface area contributed by atoms with E-state index in [2.05, 4.69) is 5.32 Å². The molecule has 2 rings (SSSR count). The fraction of sp³-hybridized carbons (Fsp3) is 0.0714. The number of carbonyl (C=O) groups is 1. The van der Waals surface area contributed by atoms with Crippen molar-refractivity contribution in [3.8, 4) is 11.8 Å². The second kappa shape index (κ2) is 6.04. The Morgan fingerprint density at radius 1 is 1.45 bits per heavy atom. The van der Waals surface area contributed by atoms with E-state index in [9.17, 15) is 9.90 Å². The second-order valence-electron chi connectivity index (χ2n) is 4.08. The van der Waals surface area contributed by atoms with Crippen LogP contribution in [0.1, 0.15) is 5.56 Å². The molecule has 0 atom stereocenters. The highest BCUT2D eigenvalue weighted by atomic mass is 35.5. The molecule has 0 radical (unpaired) electrons. The Labute approximate surface area is 120 Å².